The first kappa shape index (κ1) is 16.8. The highest BCUT2D eigenvalue weighted by atomic mass is 16.5. The summed E-state index contributed by atoms with van der Waals surface area (Å²) in [4.78, 5) is 28.9. The van der Waals surface area contributed by atoms with Crippen molar-refractivity contribution in [1.29, 1.82) is 0 Å². The van der Waals surface area contributed by atoms with Crippen molar-refractivity contribution in [2.75, 3.05) is 13.7 Å². The first-order chi connectivity index (χ1) is 12.1. The zero-order valence-electron chi connectivity index (χ0n) is 14.0. The number of carbonyl (C=O) groups excluding carboxylic acids is 1. The maximum absolute atomic E-state index is 12.6. The van der Waals surface area contributed by atoms with Crippen LogP contribution in [0.25, 0.3) is 16.7 Å². The lowest BCUT2D eigenvalue weighted by molar-refractivity contribution is -0.122. The van der Waals surface area contributed by atoms with Crippen molar-refractivity contribution in [2.45, 2.75) is 19.5 Å². The van der Waals surface area contributed by atoms with Gasteiger partial charge in [0.05, 0.1) is 18.5 Å². The molecule has 3 aromatic rings. The Balaban J connectivity index is 1.86. The summed E-state index contributed by atoms with van der Waals surface area (Å²) in [5, 5.41) is 7.37. The third kappa shape index (κ3) is 3.58. The molecule has 0 radical (unpaired) electrons. The third-order valence-corrected chi connectivity index (χ3v) is 3.69. The Morgan fingerprint density at radius 1 is 1.32 bits per heavy atom. The van der Waals surface area contributed by atoms with Gasteiger partial charge >= 0.3 is 0 Å². The molecule has 0 bridgehead atoms. The Kier molecular flexibility index (Phi) is 4.90. The molecule has 0 aliphatic rings. The SMILES string of the molecule is COC[C@@H](C)NC(=O)Cn1cnc2c(cnn2-c2ccccc2)c1=O. The number of hydrogen-bond acceptors (Lipinski definition) is 5. The van der Waals surface area contributed by atoms with Crippen LogP contribution in [0.1, 0.15) is 6.92 Å². The number of nitrogens with one attached hydrogen (secondary N) is 1. The molecule has 1 atom stereocenters. The molecule has 2 heterocycles. The third-order valence-electron chi connectivity index (χ3n) is 3.69. The number of benzene rings is 1. The quantitative estimate of drug-likeness (QED) is 0.714. The second kappa shape index (κ2) is 7.27. The summed E-state index contributed by atoms with van der Waals surface area (Å²) < 4.78 is 7.85. The standard InChI is InChI=1S/C17H19N5O3/c1-12(10-25-2)20-15(23)9-21-11-18-16-14(17(21)24)8-19-22(16)13-6-4-3-5-7-13/h3-8,11-12H,9-10H2,1-2H3,(H,20,23)/t12-/m1/s1. The van der Waals surface area contributed by atoms with Gasteiger partial charge in [0.25, 0.3) is 5.56 Å². The van der Waals surface area contributed by atoms with Gasteiger partial charge in [-0.15, -0.1) is 0 Å². The zero-order chi connectivity index (χ0) is 17.8. The highest BCUT2D eigenvalue weighted by Crippen LogP contribution is 2.12. The van der Waals surface area contributed by atoms with Crippen molar-refractivity contribution in [1.82, 2.24) is 24.6 Å². The molecule has 1 N–H and O–H groups in total. The van der Waals surface area contributed by atoms with Gasteiger partial charge in [0.2, 0.25) is 5.91 Å². The lowest BCUT2D eigenvalue weighted by Crippen LogP contribution is -2.39. The molecule has 0 aliphatic carbocycles. The van der Waals surface area contributed by atoms with Crippen LogP contribution in [0.15, 0.2) is 47.7 Å². The van der Waals surface area contributed by atoms with Gasteiger partial charge in [0, 0.05) is 13.2 Å². The average molecular weight is 341 g/mol. The number of para-hydroxylation sites is 1. The largest absolute Gasteiger partial charge is 0.383 e. The second-order valence-corrected chi connectivity index (χ2v) is 5.73. The molecule has 3 rings (SSSR count). The fourth-order valence-electron chi connectivity index (χ4n) is 2.59. The van der Waals surface area contributed by atoms with Crippen LogP contribution in [0, 0.1) is 0 Å². The van der Waals surface area contributed by atoms with E-state index in [1.54, 1.807) is 11.8 Å². The minimum atomic E-state index is -0.304. The number of amides is 1. The number of methoxy groups -OCH3 is 1. The van der Waals surface area contributed by atoms with E-state index < -0.39 is 0 Å². The van der Waals surface area contributed by atoms with Crippen LogP contribution < -0.4 is 10.9 Å². The van der Waals surface area contributed by atoms with E-state index in [1.165, 1.54) is 17.1 Å². The number of fused-ring (bicyclic) bond motifs is 1. The number of ether oxygens (including phenoxy) is 1. The summed E-state index contributed by atoms with van der Waals surface area (Å²) in [5.41, 5.74) is 0.968. The van der Waals surface area contributed by atoms with Crippen molar-refractivity contribution in [2.24, 2.45) is 0 Å². The van der Waals surface area contributed by atoms with Crippen LogP contribution in [-0.2, 0) is 16.1 Å². The fraction of sp³-hybridized carbons (Fsp3) is 0.294. The molecule has 0 unspecified atom stereocenters. The number of rotatable bonds is 6. The molecule has 8 heteroatoms. The van der Waals surface area contributed by atoms with Crippen molar-refractivity contribution >= 4 is 16.9 Å². The molecule has 1 amide bonds. The highest BCUT2D eigenvalue weighted by Gasteiger charge is 2.14. The van der Waals surface area contributed by atoms with Crippen LogP contribution in [0.4, 0.5) is 0 Å². The van der Waals surface area contributed by atoms with Crippen molar-refractivity contribution in [3.05, 3.63) is 53.2 Å². The molecule has 25 heavy (non-hydrogen) atoms. The molecular formula is C17H19N5O3. The Hall–Kier alpha value is -3.00. The van der Waals surface area contributed by atoms with E-state index in [4.69, 9.17) is 4.74 Å². The van der Waals surface area contributed by atoms with Gasteiger partial charge in [-0.3, -0.25) is 14.2 Å². The van der Waals surface area contributed by atoms with E-state index in [-0.39, 0.29) is 24.1 Å². The van der Waals surface area contributed by atoms with E-state index in [0.717, 1.165) is 5.69 Å². The highest BCUT2D eigenvalue weighted by molar-refractivity contribution is 5.78. The van der Waals surface area contributed by atoms with Gasteiger partial charge in [-0.1, -0.05) is 18.2 Å². The summed E-state index contributed by atoms with van der Waals surface area (Å²) in [7, 11) is 1.56. The van der Waals surface area contributed by atoms with Gasteiger partial charge < -0.3 is 10.1 Å². The Morgan fingerprint density at radius 3 is 2.80 bits per heavy atom. The minimum Gasteiger partial charge on any atom is -0.383 e. The molecule has 0 saturated carbocycles. The Labute approximate surface area is 144 Å². The van der Waals surface area contributed by atoms with Crippen LogP contribution in [0.2, 0.25) is 0 Å². The monoisotopic (exact) mass is 341 g/mol. The number of hydrogen-bond donors (Lipinski definition) is 1. The van der Waals surface area contributed by atoms with Gasteiger partial charge in [-0.05, 0) is 19.1 Å². The van der Waals surface area contributed by atoms with E-state index in [2.05, 4.69) is 15.4 Å². The summed E-state index contributed by atoms with van der Waals surface area (Å²) in [6.45, 7) is 2.13. The van der Waals surface area contributed by atoms with Gasteiger partial charge in [-0.25, -0.2) is 9.67 Å². The molecule has 130 valence electrons. The van der Waals surface area contributed by atoms with Crippen LogP contribution >= 0.6 is 0 Å². The van der Waals surface area contributed by atoms with Crippen molar-refractivity contribution < 1.29 is 9.53 Å². The van der Waals surface area contributed by atoms with Crippen LogP contribution in [0.3, 0.4) is 0 Å². The van der Waals surface area contributed by atoms with E-state index >= 15 is 0 Å². The topological polar surface area (TPSA) is 91.0 Å². The van der Waals surface area contributed by atoms with Gasteiger partial charge in [0.1, 0.15) is 18.3 Å². The predicted octanol–water partition coefficient (Wildman–Crippen LogP) is 0.733. The lowest BCUT2D eigenvalue weighted by Gasteiger charge is -2.13. The fourth-order valence-corrected chi connectivity index (χ4v) is 2.59. The summed E-state index contributed by atoms with van der Waals surface area (Å²) in [5.74, 6) is -0.275. The van der Waals surface area contributed by atoms with E-state index in [1.807, 2.05) is 37.3 Å². The van der Waals surface area contributed by atoms with Crippen LogP contribution in [-0.4, -0.2) is 45.0 Å². The first-order valence-corrected chi connectivity index (χ1v) is 7.87. The molecule has 0 aliphatic heterocycles. The summed E-state index contributed by atoms with van der Waals surface area (Å²) in [6.07, 6.45) is 2.84. The zero-order valence-corrected chi connectivity index (χ0v) is 14.0. The first-order valence-electron chi connectivity index (χ1n) is 7.87. The molecule has 0 saturated heterocycles. The number of nitrogens with zero attached hydrogens (tertiary/aromatic N) is 4. The summed E-state index contributed by atoms with van der Waals surface area (Å²) in [6, 6.07) is 9.30. The van der Waals surface area contributed by atoms with Gasteiger partial charge in [-0.2, -0.15) is 5.10 Å². The Bertz CT molecular complexity index is 932. The van der Waals surface area contributed by atoms with Crippen molar-refractivity contribution in [3.8, 4) is 5.69 Å². The maximum atomic E-state index is 12.6. The molecule has 0 fully saturated rings. The van der Waals surface area contributed by atoms with E-state index in [0.29, 0.717) is 17.6 Å². The molecule has 8 nitrogen and oxygen atoms in total. The molecule has 2 aromatic heterocycles. The number of aromatic nitrogens is 4. The number of carbonyl (C=O) groups is 1. The molecule has 0 spiro atoms. The minimum absolute atomic E-state index is 0.105. The van der Waals surface area contributed by atoms with Crippen molar-refractivity contribution in [3.63, 3.8) is 0 Å². The smallest absolute Gasteiger partial charge is 0.264 e. The second-order valence-electron chi connectivity index (χ2n) is 5.73. The average Bonchev–Trinajstić information content (AvgIpc) is 3.03. The van der Waals surface area contributed by atoms with E-state index in [9.17, 15) is 9.59 Å². The van der Waals surface area contributed by atoms with Crippen LogP contribution in [0.5, 0.6) is 0 Å². The maximum Gasteiger partial charge on any atom is 0.264 e. The molecular weight excluding hydrogens is 322 g/mol. The Morgan fingerprint density at radius 2 is 2.08 bits per heavy atom. The lowest BCUT2D eigenvalue weighted by atomic mass is 10.3. The predicted molar refractivity (Wildman–Crippen MR) is 92.6 cm³/mol. The summed E-state index contributed by atoms with van der Waals surface area (Å²) >= 11 is 0. The van der Waals surface area contributed by atoms with Gasteiger partial charge in [0.15, 0.2) is 5.65 Å². The normalized spacial score (nSPS) is 12.2. The molecule has 1 aromatic carbocycles.